The van der Waals surface area contributed by atoms with Gasteiger partial charge in [0.25, 0.3) is 0 Å². The molecule has 0 atom stereocenters. The van der Waals surface area contributed by atoms with Gasteiger partial charge in [-0.1, -0.05) is 15.9 Å². The van der Waals surface area contributed by atoms with Gasteiger partial charge in [-0.15, -0.1) is 0 Å². The van der Waals surface area contributed by atoms with E-state index in [9.17, 15) is 9.59 Å². The van der Waals surface area contributed by atoms with Crippen LogP contribution in [0.3, 0.4) is 0 Å². The molecule has 0 saturated heterocycles. The lowest BCUT2D eigenvalue weighted by Gasteiger charge is -2.21. The molecular weight excluding hydrogens is 340 g/mol. The summed E-state index contributed by atoms with van der Waals surface area (Å²) in [6, 6.07) is 7.44. The molecule has 1 amide bonds. The van der Waals surface area contributed by atoms with Crippen molar-refractivity contribution in [3.8, 4) is 5.75 Å². The normalized spacial score (nSPS) is 10.5. The molecule has 0 aliphatic heterocycles. The van der Waals surface area contributed by atoms with Crippen LogP contribution in [0.25, 0.3) is 0 Å². The third kappa shape index (κ3) is 7.10. The van der Waals surface area contributed by atoms with Crippen LogP contribution in [0.4, 0.5) is 0 Å². The van der Waals surface area contributed by atoms with Crippen molar-refractivity contribution in [1.82, 2.24) is 9.80 Å². The molecule has 1 N–H and O–H groups in total. The zero-order chi connectivity index (χ0) is 15.8. The van der Waals surface area contributed by atoms with Gasteiger partial charge in [-0.2, -0.15) is 0 Å². The minimum absolute atomic E-state index is 0.0705. The zero-order valence-electron chi connectivity index (χ0n) is 12.1. The number of carbonyl (C=O) groups excluding carboxylic acids is 1. The van der Waals surface area contributed by atoms with E-state index in [1.54, 1.807) is 14.1 Å². The second-order valence-electron chi connectivity index (χ2n) is 4.68. The predicted octanol–water partition coefficient (Wildman–Crippen LogP) is 1.30. The lowest BCUT2D eigenvalue weighted by molar-refractivity contribution is -0.139. The highest BCUT2D eigenvalue weighted by Crippen LogP contribution is 2.15. The van der Waals surface area contributed by atoms with E-state index in [1.807, 2.05) is 24.3 Å². The minimum Gasteiger partial charge on any atom is -0.492 e. The Morgan fingerprint density at radius 3 is 2.38 bits per heavy atom. The van der Waals surface area contributed by atoms with Gasteiger partial charge in [0.15, 0.2) is 0 Å². The van der Waals surface area contributed by atoms with Crippen molar-refractivity contribution in [1.29, 1.82) is 0 Å². The highest BCUT2D eigenvalue weighted by Gasteiger charge is 2.13. The molecule has 1 aromatic carbocycles. The number of amides is 1. The van der Waals surface area contributed by atoms with Gasteiger partial charge < -0.3 is 14.7 Å². The van der Waals surface area contributed by atoms with E-state index < -0.39 is 5.97 Å². The number of hydrogen-bond donors (Lipinski definition) is 1. The number of benzene rings is 1. The van der Waals surface area contributed by atoms with Crippen molar-refractivity contribution in [2.45, 2.75) is 0 Å². The van der Waals surface area contributed by atoms with Gasteiger partial charge in [0.05, 0.1) is 19.6 Å². The van der Waals surface area contributed by atoms with Crippen LogP contribution in [-0.2, 0) is 9.59 Å². The second kappa shape index (κ2) is 8.63. The average molecular weight is 359 g/mol. The molecule has 7 heteroatoms. The summed E-state index contributed by atoms with van der Waals surface area (Å²) in [5, 5.41) is 8.63. The van der Waals surface area contributed by atoms with Crippen molar-refractivity contribution in [3.63, 3.8) is 0 Å². The summed E-state index contributed by atoms with van der Waals surface area (Å²) in [7, 11) is 3.26. The summed E-state index contributed by atoms with van der Waals surface area (Å²) in [6.45, 7) is 0.735. The number of hydrogen-bond acceptors (Lipinski definition) is 4. The predicted molar refractivity (Wildman–Crippen MR) is 82.4 cm³/mol. The first kappa shape index (κ1) is 17.5. The highest BCUT2D eigenvalue weighted by atomic mass is 79.9. The van der Waals surface area contributed by atoms with E-state index >= 15 is 0 Å². The number of carboxylic acid groups (broad SMARTS) is 1. The number of carbonyl (C=O) groups is 2. The van der Waals surface area contributed by atoms with Crippen molar-refractivity contribution in [2.75, 3.05) is 40.3 Å². The smallest absolute Gasteiger partial charge is 0.317 e. The fourth-order valence-electron chi connectivity index (χ4n) is 1.59. The van der Waals surface area contributed by atoms with Crippen LogP contribution < -0.4 is 4.74 Å². The maximum Gasteiger partial charge on any atom is 0.317 e. The van der Waals surface area contributed by atoms with E-state index in [-0.39, 0.29) is 19.0 Å². The average Bonchev–Trinajstić information content (AvgIpc) is 2.39. The Hall–Kier alpha value is -1.60. The summed E-state index contributed by atoms with van der Waals surface area (Å²) < 4.78 is 6.50. The molecule has 21 heavy (non-hydrogen) atoms. The maximum atomic E-state index is 11.9. The van der Waals surface area contributed by atoms with Gasteiger partial charge in [0.2, 0.25) is 5.91 Å². The van der Waals surface area contributed by atoms with Gasteiger partial charge >= 0.3 is 5.97 Å². The number of carboxylic acids is 1. The number of rotatable bonds is 8. The molecule has 0 unspecified atom stereocenters. The van der Waals surface area contributed by atoms with Gasteiger partial charge in [0.1, 0.15) is 12.4 Å². The van der Waals surface area contributed by atoms with Crippen LogP contribution in [-0.4, -0.2) is 67.1 Å². The molecule has 0 heterocycles. The quantitative estimate of drug-likeness (QED) is 0.758. The topological polar surface area (TPSA) is 70.1 Å². The monoisotopic (exact) mass is 358 g/mol. The highest BCUT2D eigenvalue weighted by molar-refractivity contribution is 9.10. The summed E-state index contributed by atoms with van der Waals surface area (Å²) in [5.41, 5.74) is 0. The van der Waals surface area contributed by atoms with Crippen LogP contribution in [0.2, 0.25) is 0 Å². The summed E-state index contributed by atoms with van der Waals surface area (Å²) in [4.78, 5) is 25.4. The molecule has 1 rings (SSSR count). The molecule has 0 spiro atoms. The molecule has 6 nitrogen and oxygen atoms in total. The number of likely N-dealkylation sites (N-methyl/N-ethyl adjacent to an activating group) is 2. The molecule has 0 aromatic heterocycles. The second-order valence-corrected chi connectivity index (χ2v) is 5.60. The SMILES string of the molecule is CN(CC(=O)O)CC(=O)N(C)CCOc1ccc(Br)cc1. The Balaban J connectivity index is 2.29. The fraction of sp³-hybridized carbons (Fsp3) is 0.429. The van der Waals surface area contributed by atoms with E-state index in [0.29, 0.717) is 13.2 Å². The molecule has 1 aromatic rings. The molecule has 0 aliphatic rings. The third-order valence-corrected chi connectivity index (χ3v) is 3.27. The molecule has 0 bridgehead atoms. The Kier molecular flexibility index (Phi) is 7.18. The van der Waals surface area contributed by atoms with Crippen LogP contribution in [0.15, 0.2) is 28.7 Å². The Bertz CT molecular complexity index is 478. The van der Waals surface area contributed by atoms with Crippen LogP contribution in [0.5, 0.6) is 5.75 Å². The van der Waals surface area contributed by atoms with Crippen LogP contribution in [0.1, 0.15) is 0 Å². The number of halogens is 1. The molecule has 0 radical (unpaired) electrons. The van der Waals surface area contributed by atoms with Crippen molar-refractivity contribution >= 4 is 27.8 Å². The van der Waals surface area contributed by atoms with Gasteiger partial charge in [-0.05, 0) is 31.3 Å². The Labute approximate surface area is 132 Å². The Morgan fingerprint density at radius 2 is 1.81 bits per heavy atom. The standard InChI is InChI=1S/C14H19BrN2O4/c1-16(10-14(19)20)9-13(18)17(2)7-8-21-12-5-3-11(15)4-6-12/h3-6H,7-10H2,1-2H3,(H,19,20). The molecule has 0 saturated carbocycles. The third-order valence-electron chi connectivity index (χ3n) is 2.75. The zero-order valence-corrected chi connectivity index (χ0v) is 13.7. The van der Waals surface area contributed by atoms with Crippen molar-refractivity contribution in [2.24, 2.45) is 0 Å². The molecule has 0 fully saturated rings. The first-order chi connectivity index (χ1) is 9.88. The number of aliphatic carboxylic acids is 1. The van der Waals surface area contributed by atoms with Crippen LogP contribution in [0, 0.1) is 0 Å². The van der Waals surface area contributed by atoms with Gasteiger partial charge in [0, 0.05) is 11.5 Å². The maximum absolute atomic E-state index is 11.9. The lowest BCUT2D eigenvalue weighted by Crippen LogP contribution is -2.40. The largest absolute Gasteiger partial charge is 0.492 e. The number of nitrogens with zero attached hydrogens (tertiary/aromatic N) is 2. The van der Waals surface area contributed by atoms with Gasteiger partial charge in [-0.25, -0.2) is 0 Å². The first-order valence-corrected chi connectivity index (χ1v) is 7.20. The van der Waals surface area contributed by atoms with E-state index in [2.05, 4.69) is 15.9 Å². The Morgan fingerprint density at radius 1 is 1.19 bits per heavy atom. The molecular formula is C14H19BrN2O4. The van der Waals surface area contributed by atoms with E-state index in [4.69, 9.17) is 9.84 Å². The van der Waals surface area contributed by atoms with Crippen LogP contribution >= 0.6 is 15.9 Å². The summed E-state index contributed by atoms with van der Waals surface area (Å²) >= 11 is 3.34. The van der Waals surface area contributed by atoms with Crippen molar-refractivity contribution in [3.05, 3.63) is 28.7 Å². The molecule has 0 aliphatic carbocycles. The lowest BCUT2D eigenvalue weighted by atomic mass is 10.3. The number of ether oxygens (including phenoxy) is 1. The summed E-state index contributed by atoms with van der Waals surface area (Å²) in [5.74, 6) is -0.355. The van der Waals surface area contributed by atoms with E-state index in [0.717, 1.165) is 10.2 Å². The minimum atomic E-state index is -0.952. The van der Waals surface area contributed by atoms with Gasteiger partial charge in [-0.3, -0.25) is 14.5 Å². The summed E-state index contributed by atoms with van der Waals surface area (Å²) in [6.07, 6.45) is 0. The molecule has 116 valence electrons. The van der Waals surface area contributed by atoms with Crippen molar-refractivity contribution < 1.29 is 19.4 Å². The van der Waals surface area contributed by atoms with E-state index in [1.165, 1.54) is 9.80 Å². The first-order valence-electron chi connectivity index (χ1n) is 6.41. The fourth-order valence-corrected chi connectivity index (χ4v) is 1.86.